The quantitative estimate of drug-likeness (QED) is 0.249. The number of amides is 1. The molecule has 0 fully saturated rings. The topological polar surface area (TPSA) is 75.0 Å². The maximum absolute atomic E-state index is 12.8. The molecule has 0 atom stereocenters. The van der Waals surface area contributed by atoms with Gasteiger partial charge >= 0.3 is 0 Å². The van der Waals surface area contributed by atoms with E-state index in [9.17, 15) is 10.1 Å². The Morgan fingerprint density at radius 2 is 1.81 bits per heavy atom. The number of hydrogen-bond acceptors (Lipinski definition) is 5. The van der Waals surface area contributed by atoms with E-state index in [0.717, 1.165) is 28.0 Å². The van der Waals surface area contributed by atoms with E-state index < -0.39 is 0 Å². The van der Waals surface area contributed by atoms with Gasteiger partial charge in [-0.3, -0.25) is 4.79 Å². The van der Waals surface area contributed by atoms with Crippen LogP contribution in [0.4, 0.5) is 5.69 Å². The number of aryl methyl sites for hydroxylation is 1. The first-order valence-corrected chi connectivity index (χ1v) is 12.8. The summed E-state index contributed by atoms with van der Waals surface area (Å²) in [5, 5.41) is 14.0. The Bertz CT molecular complexity index is 1420. The van der Waals surface area contributed by atoms with Crippen molar-refractivity contribution in [1.82, 2.24) is 4.98 Å². The molecule has 180 valence electrons. The second kappa shape index (κ2) is 11.8. The molecule has 1 heterocycles. The minimum Gasteiger partial charge on any atom is -0.494 e. The van der Waals surface area contributed by atoms with Gasteiger partial charge in [-0.1, -0.05) is 59.8 Å². The summed E-state index contributed by atoms with van der Waals surface area (Å²) in [5.74, 6) is 0.666. The van der Waals surface area contributed by atoms with Gasteiger partial charge in [-0.25, -0.2) is 4.98 Å². The number of thioether (sulfide) groups is 1. The molecule has 3 aromatic carbocycles. The largest absolute Gasteiger partial charge is 0.494 e. The highest BCUT2D eigenvalue weighted by atomic mass is 35.5. The number of rotatable bonds is 8. The molecule has 1 N–H and O–H groups in total. The van der Waals surface area contributed by atoms with Crippen LogP contribution in [0.15, 0.2) is 83.9 Å². The van der Waals surface area contributed by atoms with Crippen molar-refractivity contribution >= 4 is 35.0 Å². The zero-order chi connectivity index (χ0) is 25.5. The van der Waals surface area contributed by atoms with E-state index in [1.165, 1.54) is 11.8 Å². The number of ether oxygens (including phenoxy) is 1. The Hall–Kier alpha value is -3.79. The molecule has 5 nitrogen and oxygen atoms in total. The molecule has 0 radical (unpaired) electrons. The Morgan fingerprint density at radius 1 is 1.06 bits per heavy atom. The third kappa shape index (κ3) is 6.06. The van der Waals surface area contributed by atoms with E-state index in [2.05, 4.69) is 11.4 Å². The number of nitrogens with one attached hydrogen (secondary N) is 1. The number of hydrogen-bond donors (Lipinski definition) is 1. The fourth-order valence-electron chi connectivity index (χ4n) is 3.67. The van der Waals surface area contributed by atoms with Gasteiger partial charge in [0.25, 0.3) is 0 Å². The summed E-state index contributed by atoms with van der Waals surface area (Å²) >= 11 is 7.32. The van der Waals surface area contributed by atoms with E-state index in [1.807, 2.05) is 80.6 Å². The zero-order valence-corrected chi connectivity index (χ0v) is 21.5. The van der Waals surface area contributed by atoms with Gasteiger partial charge in [0.2, 0.25) is 5.91 Å². The van der Waals surface area contributed by atoms with Crippen molar-refractivity contribution < 1.29 is 9.53 Å². The predicted octanol–water partition coefficient (Wildman–Crippen LogP) is 7.38. The van der Waals surface area contributed by atoms with Crippen LogP contribution >= 0.6 is 23.4 Å². The summed E-state index contributed by atoms with van der Waals surface area (Å²) in [6.07, 6.45) is 0. The van der Waals surface area contributed by atoms with Crippen molar-refractivity contribution in [2.24, 2.45) is 0 Å². The monoisotopic (exact) mass is 513 g/mol. The second-order valence-electron chi connectivity index (χ2n) is 7.97. The van der Waals surface area contributed by atoms with Crippen molar-refractivity contribution in [3.8, 4) is 34.2 Å². The van der Waals surface area contributed by atoms with Gasteiger partial charge in [0.05, 0.1) is 23.6 Å². The van der Waals surface area contributed by atoms with Crippen LogP contribution in [0.25, 0.3) is 22.4 Å². The molecule has 1 amide bonds. The molecule has 0 bridgehead atoms. The Balaban J connectivity index is 1.67. The molecular formula is C29H24ClN3O2S. The number of pyridine rings is 1. The number of halogens is 1. The number of anilines is 1. The Labute approximate surface area is 220 Å². The lowest BCUT2D eigenvalue weighted by Gasteiger charge is -2.13. The molecule has 4 rings (SSSR count). The van der Waals surface area contributed by atoms with Crippen molar-refractivity contribution in [3.05, 3.63) is 95.0 Å². The van der Waals surface area contributed by atoms with Crippen molar-refractivity contribution in [2.45, 2.75) is 18.9 Å². The summed E-state index contributed by atoms with van der Waals surface area (Å²) < 4.78 is 5.56. The molecule has 0 saturated heterocycles. The Kier molecular flexibility index (Phi) is 8.27. The van der Waals surface area contributed by atoms with Crippen LogP contribution in [0, 0.1) is 18.3 Å². The number of aromatic nitrogens is 1. The second-order valence-corrected chi connectivity index (χ2v) is 9.37. The van der Waals surface area contributed by atoms with E-state index in [4.69, 9.17) is 21.3 Å². The van der Waals surface area contributed by atoms with Gasteiger partial charge in [0.15, 0.2) is 0 Å². The number of benzene rings is 3. The lowest BCUT2D eigenvalue weighted by molar-refractivity contribution is -0.113. The summed E-state index contributed by atoms with van der Waals surface area (Å²) in [5.41, 5.74) is 5.29. The van der Waals surface area contributed by atoms with Crippen LogP contribution in [-0.2, 0) is 4.79 Å². The molecule has 1 aromatic heterocycles. The third-order valence-corrected chi connectivity index (χ3v) is 6.67. The van der Waals surface area contributed by atoms with Crippen LogP contribution in [0.1, 0.15) is 18.1 Å². The Morgan fingerprint density at radius 3 is 2.50 bits per heavy atom. The van der Waals surface area contributed by atoms with E-state index in [1.54, 1.807) is 12.1 Å². The van der Waals surface area contributed by atoms with E-state index >= 15 is 0 Å². The van der Waals surface area contributed by atoms with Gasteiger partial charge in [-0.15, -0.1) is 0 Å². The molecule has 7 heteroatoms. The van der Waals surface area contributed by atoms with Crippen LogP contribution in [0.2, 0.25) is 5.02 Å². The summed E-state index contributed by atoms with van der Waals surface area (Å²) in [6, 6.07) is 27.0. The average Bonchev–Trinajstić information content (AvgIpc) is 2.90. The summed E-state index contributed by atoms with van der Waals surface area (Å²) in [4.78, 5) is 17.5. The average molecular weight is 514 g/mol. The van der Waals surface area contributed by atoms with Gasteiger partial charge in [-0.2, -0.15) is 5.26 Å². The van der Waals surface area contributed by atoms with Crippen molar-refractivity contribution in [3.63, 3.8) is 0 Å². The zero-order valence-electron chi connectivity index (χ0n) is 19.9. The molecule has 0 aliphatic carbocycles. The molecular weight excluding hydrogens is 490 g/mol. The minimum atomic E-state index is -0.205. The molecule has 0 saturated carbocycles. The fraction of sp³-hybridized carbons (Fsp3) is 0.138. The van der Waals surface area contributed by atoms with Crippen molar-refractivity contribution in [1.29, 1.82) is 5.26 Å². The highest BCUT2D eigenvalue weighted by molar-refractivity contribution is 8.00. The van der Waals surface area contributed by atoms with Gasteiger partial charge in [0.1, 0.15) is 16.8 Å². The number of carbonyl (C=O) groups is 1. The number of nitriles is 1. The first-order chi connectivity index (χ1) is 17.5. The molecule has 0 aliphatic rings. The molecule has 4 aromatic rings. The fourth-order valence-corrected chi connectivity index (χ4v) is 4.64. The highest BCUT2D eigenvalue weighted by Crippen LogP contribution is 2.34. The van der Waals surface area contributed by atoms with Crippen LogP contribution in [0.3, 0.4) is 0 Å². The maximum atomic E-state index is 12.8. The first-order valence-electron chi connectivity index (χ1n) is 11.4. The van der Waals surface area contributed by atoms with Crippen LogP contribution in [-0.4, -0.2) is 23.3 Å². The van der Waals surface area contributed by atoms with Gasteiger partial charge < -0.3 is 10.1 Å². The molecule has 0 aliphatic heterocycles. The summed E-state index contributed by atoms with van der Waals surface area (Å²) in [7, 11) is 0. The number of nitrogens with zero attached hydrogens (tertiary/aromatic N) is 2. The molecule has 0 spiro atoms. The SMILES string of the molecule is CCOc1ccc(-c2cc(-c3ccccc3)c(C#N)c(SCC(=O)Nc3cc(Cl)ccc3C)n2)cc1. The van der Waals surface area contributed by atoms with E-state index in [0.29, 0.717) is 33.6 Å². The van der Waals surface area contributed by atoms with Gasteiger partial charge in [-0.05, 0) is 67.4 Å². The summed E-state index contributed by atoms with van der Waals surface area (Å²) in [6.45, 7) is 4.43. The van der Waals surface area contributed by atoms with E-state index in [-0.39, 0.29) is 11.7 Å². The highest BCUT2D eigenvalue weighted by Gasteiger charge is 2.17. The minimum absolute atomic E-state index is 0.0919. The molecule has 36 heavy (non-hydrogen) atoms. The standard InChI is InChI=1S/C29H24ClN3O2S/c1-3-35-23-13-10-21(11-14-23)27-16-24(20-7-5-4-6-8-20)25(17-31)29(33-27)36-18-28(34)32-26-15-22(30)12-9-19(26)2/h4-16H,3,18H2,1-2H3,(H,32,34). The number of carbonyl (C=O) groups excluding carboxylic acids is 1. The maximum Gasteiger partial charge on any atom is 0.234 e. The van der Waals surface area contributed by atoms with Crippen LogP contribution in [0.5, 0.6) is 5.75 Å². The van der Waals surface area contributed by atoms with Crippen LogP contribution < -0.4 is 10.1 Å². The third-order valence-electron chi connectivity index (χ3n) is 5.46. The first kappa shape index (κ1) is 25.3. The predicted molar refractivity (Wildman–Crippen MR) is 147 cm³/mol. The lowest BCUT2D eigenvalue weighted by atomic mass is 9.99. The van der Waals surface area contributed by atoms with Gasteiger partial charge in [0, 0.05) is 21.8 Å². The van der Waals surface area contributed by atoms with Crippen molar-refractivity contribution in [2.75, 3.05) is 17.7 Å². The smallest absolute Gasteiger partial charge is 0.234 e. The molecule has 0 unspecified atom stereocenters. The lowest BCUT2D eigenvalue weighted by Crippen LogP contribution is -2.15. The normalized spacial score (nSPS) is 10.5.